The molecule has 0 fully saturated rings. The lowest BCUT2D eigenvalue weighted by molar-refractivity contribution is -0.119. The van der Waals surface area contributed by atoms with Crippen LogP contribution in [0.3, 0.4) is 0 Å². The van der Waals surface area contributed by atoms with E-state index < -0.39 is 22.5 Å². The van der Waals surface area contributed by atoms with E-state index in [1.54, 1.807) is 32.4 Å². The molecule has 0 atom stereocenters. The number of rotatable bonds is 11. The average molecular weight is 537 g/mol. The molecule has 0 radical (unpaired) electrons. The Hall–Kier alpha value is -2.94. The molecule has 0 aliphatic carbocycles. The maximum atomic E-state index is 13.4. The molecule has 0 aliphatic rings. The lowest BCUT2D eigenvalue weighted by Crippen LogP contribution is -2.41. The largest absolute Gasteiger partial charge is 0.493 e. The van der Waals surface area contributed by atoms with E-state index >= 15 is 0 Å². The first-order valence-corrected chi connectivity index (χ1v) is 13.0. The Morgan fingerprint density at radius 2 is 1.63 bits per heavy atom. The molecular weight excluding hydrogens is 511 g/mol. The minimum absolute atomic E-state index is 0.0168. The molecule has 10 heteroatoms. The van der Waals surface area contributed by atoms with Crippen LogP contribution in [0.5, 0.6) is 11.5 Å². The Bertz CT molecular complexity index is 1270. The summed E-state index contributed by atoms with van der Waals surface area (Å²) in [7, 11) is -0.890. The number of benzene rings is 3. The van der Waals surface area contributed by atoms with Gasteiger partial charge in [0.25, 0.3) is 10.0 Å². The smallest absolute Gasteiger partial charge is 0.264 e. The second-order valence-corrected chi connectivity index (χ2v) is 10.3. The second-order valence-electron chi connectivity index (χ2n) is 7.59. The zero-order chi connectivity index (χ0) is 25.4. The van der Waals surface area contributed by atoms with Gasteiger partial charge in [-0.25, -0.2) is 8.42 Å². The highest BCUT2D eigenvalue weighted by atomic mass is 35.5. The molecule has 0 spiro atoms. The van der Waals surface area contributed by atoms with Crippen molar-refractivity contribution >= 4 is 44.8 Å². The van der Waals surface area contributed by atoms with E-state index in [0.717, 1.165) is 9.87 Å². The van der Waals surface area contributed by atoms with Crippen LogP contribution in [0, 0.1) is 0 Å². The van der Waals surface area contributed by atoms with Crippen molar-refractivity contribution in [2.45, 2.75) is 17.7 Å². The van der Waals surface area contributed by atoms with E-state index in [4.69, 9.17) is 32.7 Å². The van der Waals surface area contributed by atoms with Gasteiger partial charge in [0.05, 0.1) is 24.8 Å². The van der Waals surface area contributed by atoms with Crippen LogP contribution in [0.1, 0.15) is 12.0 Å². The second kappa shape index (κ2) is 12.2. The molecule has 0 aromatic heterocycles. The molecule has 0 aliphatic heterocycles. The van der Waals surface area contributed by atoms with Crippen LogP contribution < -0.4 is 19.1 Å². The van der Waals surface area contributed by atoms with Gasteiger partial charge < -0.3 is 14.8 Å². The predicted molar refractivity (Wildman–Crippen MR) is 138 cm³/mol. The number of carbonyl (C=O) groups excluding carboxylic acids is 1. The number of sulfonamides is 1. The summed E-state index contributed by atoms with van der Waals surface area (Å²) in [6.45, 7) is -0.0286. The van der Waals surface area contributed by atoms with Gasteiger partial charge in [0, 0.05) is 16.6 Å². The van der Waals surface area contributed by atoms with Crippen LogP contribution in [0.15, 0.2) is 71.6 Å². The Morgan fingerprint density at radius 1 is 0.914 bits per heavy atom. The number of ether oxygens (including phenoxy) is 2. The number of carbonyl (C=O) groups is 1. The Labute approximate surface area is 215 Å². The Balaban J connectivity index is 1.68. The van der Waals surface area contributed by atoms with Crippen molar-refractivity contribution in [3.05, 3.63) is 82.3 Å². The summed E-state index contributed by atoms with van der Waals surface area (Å²) in [6.07, 6.45) is 1.35. The molecule has 1 amide bonds. The summed E-state index contributed by atoms with van der Waals surface area (Å²) in [5.41, 5.74) is 1.32. The first kappa shape index (κ1) is 26.7. The van der Waals surface area contributed by atoms with Crippen molar-refractivity contribution in [2.24, 2.45) is 0 Å². The normalized spacial score (nSPS) is 11.1. The number of nitrogens with one attached hydrogen (secondary N) is 1. The SMILES string of the molecule is COc1ccc(CCCNC(=O)CN(c2cccc(Cl)c2)S(=O)(=O)c2ccc(Cl)cc2)cc1OC. The molecule has 0 heterocycles. The highest BCUT2D eigenvalue weighted by molar-refractivity contribution is 7.92. The Kier molecular flexibility index (Phi) is 9.26. The number of hydrogen-bond acceptors (Lipinski definition) is 5. The predicted octanol–water partition coefficient (Wildman–Crippen LogP) is 4.95. The molecule has 0 unspecified atom stereocenters. The summed E-state index contributed by atoms with van der Waals surface area (Å²) >= 11 is 12.0. The topological polar surface area (TPSA) is 84.9 Å². The van der Waals surface area contributed by atoms with Gasteiger partial charge in [0.2, 0.25) is 5.91 Å². The van der Waals surface area contributed by atoms with Gasteiger partial charge in [-0.15, -0.1) is 0 Å². The number of amides is 1. The summed E-state index contributed by atoms with van der Waals surface area (Å²) in [5, 5.41) is 3.56. The summed E-state index contributed by atoms with van der Waals surface area (Å²) in [5.74, 6) is 0.848. The number of anilines is 1. The molecule has 3 aromatic carbocycles. The quantitative estimate of drug-likeness (QED) is 0.350. The van der Waals surface area contributed by atoms with E-state index in [1.165, 1.54) is 30.3 Å². The van der Waals surface area contributed by atoms with Crippen LogP contribution in [0.4, 0.5) is 5.69 Å². The van der Waals surface area contributed by atoms with E-state index in [0.29, 0.717) is 40.9 Å². The third kappa shape index (κ3) is 7.04. The van der Waals surface area contributed by atoms with Crippen molar-refractivity contribution < 1.29 is 22.7 Å². The van der Waals surface area contributed by atoms with E-state index in [-0.39, 0.29) is 10.6 Å². The highest BCUT2D eigenvalue weighted by Gasteiger charge is 2.27. The number of aryl methyl sites for hydroxylation is 1. The standard InChI is InChI=1S/C25H26Cl2N2O5S/c1-33-23-13-8-18(15-24(23)34-2)5-4-14-28-25(30)17-29(21-7-3-6-20(27)16-21)35(31,32)22-11-9-19(26)10-12-22/h3,6-13,15-16H,4-5,14,17H2,1-2H3,(H,28,30). The van der Waals surface area contributed by atoms with Gasteiger partial charge in [-0.3, -0.25) is 9.10 Å². The summed E-state index contributed by atoms with van der Waals surface area (Å²) in [6, 6.07) is 17.8. The molecule has 1 N–H and O–H groups in total. The fourth-order valence-corrected chi connectivity index (χ4v) is 5.15. The molecule has 186 valence electrons. The van der Waals surface area contributed by atoms with Crippen molar-refractivity contribution in [1.82, 2.24) is 5.32 Å². The van der Waals surface area contributed by atoms with Gasteiger partial charge in [-0.1, -0.05) is 35.3 Å². The highest BCUT2D eigenvalue weighted by Crippen LogP contribution is 2.28. The maximum absolute atomic E-state index is 13.4. The van der Waals surface area contributed by atoms with Gasteiger partial charge >= 0.3 is 0 Å². The molecule has 7 nitrogen and oxygen atoms in total. The average Bonchev–Trinajstić information content (AvgIpc) is 2.85. The summed E-state index contributed by atoms with van der Waals surface area (Å²) in [4.78, 5) is 12.7. The molecule has 3 rings (SSSR count). The van der Waals surface area contributed by atoms with Crippen LogP contribution in [0.25, 0.3) is 0 Å². The van der Waals surface area contributed by atoms with Crippen LogP contribution in [-0.2, 0) is 21.2 Å². The lowest BCUT2D eigenvalue weighted by Gasteiger charge is -2.24. The molecule has 0 saturated carbocycles. The molecule has 35 heavy (non-hydrogen) atoms. The number of nitrogens with zero attached hydrogens (tertiary/aromatic N) is 1. The molecule has 3 aromatic rings. The minimum atomic E-state index is -4.04. The number of hydrogen-bond donors (Lipinski definition) is 1. The van der Waals surface area contributed by atoms with E-state index in [2.05, 4.69) is 5.32 Å². The Morgan fingerprint density at radius 3 is 2.29 bits per heavy atom. The zero-order valence-corrected chi connectivity index (χ0v) is 21.7. The lowest BCUT2D eigenvalue weighted by atomic mass is 10.1. The summed E-state index contributed by atoms with van der Waals surface area (Å²) < 4.78 is 38.3. The van der Waals surface area contributed by atoms with Crippen molar-refractivity contribution in [3.63, 3.8) is 0 Å². The number of halogens is 2. The van der Waals surface area contributed by atoms with Gasteiger partial charge in [-0.2, -0.15) is 0 Å². The van der Waals surface area contributed by atoms with Gasteiger partial charge in [0.15, 0.2) is 11.5 Å². The van der Waals surface area contributed by atoms with Crippen LogP contribution in [-0.4, -0.2) is 41.6 Å². The fraction of sp³-hybridized carbons (Fsp3) is 0.240. The maximum Gasteiger partial charge on any atom is 0.264 e. The monoisotopic (exact) mass is 536 g/mol. The third-order valence-corrected chi connectivity index (χ3v) is 7.47. The van der Waals surface area contributed by atoms with Crippen molar-refractivity contribution in [1.29, 1.82) is 0 Å². The van der Waals surface area contributed by atoms with Gasteiger partial charge in [0.1, 0.15) is 6.54 Å². The van der Waals surface area contributed by atoms with E-state index in [1.807, 2.05) is 18.2 Å². The van der Waals surface area contributed by atoms with Gasteiger partial charge in [-0.05, 0) is 73.0 Å². The third-order valence-electron chi connectivity index (χ3n) is 5.20. The van der Waals surface area contributed by atoms with Crippen LogP contribution >= 0.6 is 23.2 Å². The van der Waals surface area contributed by atoms with Crippen LogP contribution in [0.2, 0.25) is 10.0 Å². The van der Waals surface area contributed by atoms with Crippen molar-refractivity contribution in [3.8, 4) is 11.5 Å². The van der Waals surface area contributed by atoms with E-state index in [9.17, 15) is 13.2 Å². The minimum Gasteiger partial charge on any atom is -0.493 e. The molecule has 0 saturated heterocycles. The molecule has 0 bridgehead atoms. The fourth-order valence-electron chi connectivity index (χ4n) is 3.42. The zero-order valence-electron chi connectivity index (χ0n) is 19.3. The van der Waals surface area contributed by atoms with Crippen molar-refractivity contribution in [2.75, 3.05) is 31.6 Å². The number of methoxy groups -OCH3 is 2. The molecular formula is C25H26Cl2N2O5S. The first-order chi connectivity index (χ1) is 16.7. The first-order valence-electron chi connectivity index (χ1n) is 10.8.